The molecule has 2 nitrogen and oxygen atoms in total. The Balaban J connectivity index is 1.58. The summed E-state index contributed by atoms with van der Waals surface area (Å²) < 4.78 is 8.36. The molecule has 1 aliphatic rings. The fourth-order valence-corrected chi connectivity index (χ4v) is 4.04. The molecule has 0 aliphatic heterocycles. The second-order valence-electron chi connectivity index (χ2n) is 7.52. The zero-order valence-electron chi connectivity index (χ0n) is 16.3. The van der Waals surface area contributed by atoms with Crippen LogP contribution in [0.25, 0.3) is 34.8 Å². The Labute approximate surface area is 165 Å². The molecule has 0 spiro atoms. The smallest absolute Gasteiger partial charge is 0.130 e. The number of hydrogen-bond donors (Lipinski definition) is 0. The van der Waals surface area contributed by atoms with E-state index in [1.165, 1.54) is 38.8 Å². The second kappa shape index (κ2) is 6.72. The van der Waals surface area contributed by atoms with Gasteiger partial charge in [0.1, 0.15) is 11.5 Å². The summed E-state index contributed by atoms with van der Waals surface area (Å²) in [7, 11) is 0. The van der Waals surface area contributed by atoms with Crippen LogP contribution in [0.3, 0.4) is 0 Å². The molecule has 4 aromatic rings. The first-order chi connectivity index (χ1) is 13.7. The Morgan fingerprint density at radius 3 is 2.61 bits per heavy atom. The van der Waals surface area contributed by atoms with Gasteiger partial charge in [0, 0.05) is 28.4 Å². The van der Waals surface area contributed by atoms with Gasteiger partial charge in [-0.15, -0.1) is 0 Å². The predicted molar refractivity (Wildman–Crippen MR) is 118 cm³/mol. The monoisotopic (exact) mass is 365 g/mol. The van der Waals surface area contributed by atoms with Gasteiger partial charge in [-0.05, 0) is 68.7 Å². The Kier molecular flexibility index (Phi) is 4.05. The molecule has 28 heavy (non-hydrogen) atoms. The molecule has 0 radical (unpaired) electrons. The van der Waals surface area contributed by atoms with E-state index in [1.54, 1.807) is 0 Å². The average molecular weight is 365 g/mol. The minimum absolute atomic E-state index is 0.962. The van der Waals surface area contributed by atoms with E-state index in [4.69, 9.17) is 4.42 Å². The van der Waals surface area contributed by atoms with Crippen LogP contribution in [-0.2, 0) is 6.42 Å². The average Bonchev–Trinajstić information content (AvgIpc) is 3.25. The molecule has 2 aromatic heterocycles. The summed E-state index contributed by atoms with van der Waals surface area (Å²) in [5.74, 6) is 1.98. The summed E-state index contributed by atoms with van der Waals surface area (Å²) in [6.07, 6.45) is 13.0. The lowest BCUT2D eigenvalue weighted by Gasteiger charge is -2.05. The summed E-state index contributed by atoms with van der Waals surface area (Å²) in [6.45, 7) is 4.28. The van der Waals surface area contributed by atoms with Crippen LogP contribution < -0.4 is 0 Å². The molecule has 0 saturated heterocycles. The van der Waals surface area contributed by atoms with Crippen LogP contribution >= 0.6 is 0 Å². The van der Waals surface area contributed by atoms with Crippen molar-refractivity contribution in [2.75, 3.05) is 0 Å². The third kappa shape index (κ3) is 2.82. The number of aromatic nitrogens is 1. The van der Waals surface area contributed by atoms with E-state index in [1.807, 2.05) is 0 Å². The van der Waals surface area contributed by atoms with Crippen molar-refractivity contribution in [1.29, 1.82) is 0 Å². The molecule has 0 fully saturated rings. The van der Waals surface area contributed by atoms with E-state index >= 15 is 0 Å². The van der Waals surface area contributed by atoms with Gasteiger partial charge in [-0.3, -0.25) is 0 Å². The molecule has 2 heterocycles. The number of rotatable bonds is 3. The van der Waals surface area contributed by atoms with Crippen molar-refractivity contribution in [1.82, 2.24) is 4.57 Å². The maximum Gasteiger partial charge on any atom is 0.130 e. The number of para-hydroxylation sites is 1. The van der Waals surface area contributed by atoms with E-state index in [2.05, 4.69) is 97.4 Å². The summed E-state index contributed by atoms with van der Waals surface area (Å²) >= 11 is 0. The zero-order valence-corrected chi connectivity index (χ0v) is 16.3. The van der Waals surface area contributed by atoms with Crippen LogP contribution in [0, 0.1) is 13.8 Å². The Morgan fingerprint density at radius 1 is 0.964 bits per heavy atom. The topological polar surface area (TPSA) is 18.1 Å². The van der Waals surface area contributed by atoms with Gasteiger partial charge < -0.3 is 8.98 Å². The molecule has 0 unspecified atom stereocenters. The summed E-state index contributed by atoms with van der Waals surface area (Å²) in [4.78, 5) is 0. The highest BCUT2D eigenvalue weighted by Crippen LogP contribution is 2.31. The molecule has 1 aliphatic carbocycles. The fourth-order valence-electron chi connectivity index (χ4n) is 4.04. The van der Waals surface area contributed by atoms with Gasteiger partial charge >= 0.3 is 0 Å². The molecule has 2 aromatic carbocycles. The third-order valence-electron chi connectivity index (χ3n) is 5.64. The summed E-state index contributed by atoms with van der Waals surface area (Å²) in [6, 6.07) is 17.2. The Hall–Kier alpha value is -3.26. The van der Waals surface area contributed by atoms with Gasteiger partial charge in [-0.25, -0.2) is 0 Å². The van der Waals surface area contributed by atoms with Gasteiger partial charge in [0.15, 0.2) is 0 Å². The predicted octanol–water partition coefficient (Wildman–Crippen LogP) is 6.97. The number of benzene rings is 2. The molecule has 0 atom stereocenters. The van der Waals surface area contributed by atoms with Crippen molar-refractivity contribution in [3.05, 3.63) is 94.6 Å². The Bertz CT molecular complexity index is 1220. The third-order valence-corrected chi connectivity index (χ3v) is 5.64. The maximum absolute atomic E-state index is 6.09. The van der Waals surface area contributed by atoms with Crippen molar-refractivity contribution in [2.45, 2.75) is 26.7 Å². The van der Waals surface area contributed by atoms with Gasteiger partial charge in [-0.2, -0.15) is 0 Å². The number of aryl methyl sites for hydroxylation is 1. The molecule has 0 amide bonds. The molecule has 0 bridgehead atoms. The van der Waals surface area contributed by atoms with Gasteiger partial charge in [0.25, 0.3) is 0 Å². The number of hydrogen-bond acceptors (Lipinski definition) is 1. The second-order valence-corrected chi connectivity index (χ2v) is 7.52. The number of allylic oxidation sites excluding steroid dienone is 1. The van der Waals surface area contributed by atoms with Gasteiger partial charge in [0.2, 0.25) is 0 Å². The highest BCUT2D eigenvalue weighted by atomic mass is 16.3. The lowest BCUT2D eigenvalue weighted by molar-refractivity contribution is 0.540. The number of furan rings is 1. The van der Waals surface area contributed by atoms with E-state index < -0.39 is 0 Å². The van der Waals surface area contributed by atoms with Crippen LogP contribution in [0.5, 0.6) is 0 Å². The first-order valence-corrected chi connectivity index (χ1v) is 9.85. The molecular weight excluding hydrogens is 342 g/mol. The van der Waals surface area contributed by atoms with Crippen molar-refractivity contribution in [3.63, 3.8) is 0 Å². The highest BCUT2D eigenvalue weighted by molar-refractivity contribution is 5.93. The zero-order chi connectivity index (χ0) is 19.1. The largest absolute Gasteiger partial charge is 0.457 e. The molecule has 2 heteroatoms. The molecule has 5 rings (SSSR count). The van der Waals surface area contributed by atoms with Crippen molar-refractivity contribution >= 4 is 29.1 Å². The van der Waals surface area contributed by atoms with Gasteiger partial charge in [0.05, 0.1) is 5.52 Å². The van der Waals surface area contributed by atoms with Crippen LogP contribution in [0.15, 0.2) is 65.2 Å². The van der Waals surface area contributed by atoms with E-state index in [0.29, 0.717) is 0 Å². The number of fused-ring (bicyclic) bond motifs is 2. The lowest BCUT2D eigenvalue weighted by atomic mass is 10.00. The first-order valence-electron chi connectivity index (χ1n) is 9.85. The van der Waals surface area contributed by atoms with Crippen molar-refractivity contribution in [2.24, 2.45) is 0 Å². The SMILES string of the molecule is Cc1ccc(-n2cc(/C=C\c3oc4c(c3C)CCC=C4)c3ccccc32)cc1. The summed E-state index contributed by atoms with van der Waals surface area (Å²) in [5.41, 5.74) is 7.47. The lowest BCUT2D eigenvalue weighted by Crippen LogP contribution is -1.91. The van der Waals surface area contributed by atoms with E-state index in [0.717, 1.165) is 24.4 Å². The molecular formula is C26H23NO. The first kappa shape index (κ1) is 16.9. The molecule has 138 valence electrons. The fraction of sp³-hybridized carbons (Fsp3) is 0.154. The quantitative estimate of drug-likeness (QED) is 0.383. The Morgan fingerprint density at radius 2 is 1.79 bits per heavy atom. The normalized spacial score (nSPS) is 13.5. The highest BCUT2D eigenvalue weighted by Gasteiger charge is 2.15. The van der Waals surface area contributed by atoms with Gasteiger partial charge in [-0.1, -0.05) is 42.0 Å². The van der Waals surface area contributed by atoms with Crippen LogP contribution in [0.2, 0.25) is 0 Å². The molecule has 0 saturated carbocycles. The minimum atomic E-state index is 0.962. The van der Waals surface area contributed by atoms with Crippen LogP contribution in [0.4, 0.5) is 0 Å². The van der Waals surface area contributed by atoms with Crippen molar-refractivity contribution in [3.8, 4) is 5.69 Å². The summed E-state index contributed by atoms with van der Waals surface area (Å²) in [5, 5.41) is 1.24. The van der Waals surface area contributed by atoms with E-state index in [9.17, 15) is 0 Å². The van der Waals surface area contributed by atoms with E-state index in [-0.39, 0.29) is 0 Å². The van der Waals surface area contributed by atoms with Crippen LogP contribution in [0.1, 0.15) is 40.2 Å². The molecule has 0 N–H and O–H groups in total. The maximum atomic E-state index is 6.09. The minimum Gasteiger partial charge on any atom is -0.457 e. The number of nitrogens with zero attached hydrogens (tertiary/aromatic N) is 1. The standard InChI is InChI=1S/C26H23NO/c1-18-11-14-21(15-12-18)27-17-20(23-8-3-5-9-24(23)27)13-16-25-19(2)22-7-4-6-10-26(22)28-25/h3,5-6,8-17H,4,7H2,1-2H3/b16-13-. The van der Waals surface area contributed by atoms with Crippen LogP contribution in [-0.4, -0.2) is 4.57 Å². The van der Waals surface area contributed by atoms with Crippen molar-refractivity contribution < 1.29 is 4.42 Å².